The van der Waals surface area contributed by atoms with Crippen LogP contribution in [-0.4, -0.2) is 15.9 Å². The topological polar surface area (TPSA) is 29.3 Å². The maximum absolute atomic E-state index is 13.5. The first-order valence-electron chi connectivity index (χ1n) is 6.83. The first kappa shape index (κ1) is 13.7. The molecule has 3 nitrogen and oxygen atoms in total. The Morgan fingerprint density at radius 3 is 2.76 bits per heavy atom. The minimum Gasteiger partial charge on any atom is -0.311 e. The second-order valence-electron chi connectivity index (χ2n) is 4.75. The third-order valence-electron chi connectivity index (χ3n) is 3.34. The van der Waals surface area contributed by atoms with Crippen LogP contribution in [0.15, 0.2) is 42.6 Å². The molecule has 0 bridgehead atoms. The lowest BCUT2D eigenvalue weighted by Crippen LogP contribution is -2.12. The van der Waals surface area contributed by atoms with Gasteiger partial charge in [-0.1, -0.05) is 13.0 Å². The van der Waals surface area contributed by atoms with Gasteiger partial charge in [-0.2, -0.15) is 0 Å². The highest BCUT2D eigenvalue weighted by atomic mass is 19.2. The molecule has 0 atom stereocenters. The highest BCUT2D eigenvalue weighted by Crippen LogP contribution is 2.24. The van der Waals surface area contributed by atoms with Crippen LogP contribution >= 0.6 is 0 Å². The lowest BCUT2D eigenvalue weighted by molar-refractivity contribution is 0.509. The van der Waals surface area contributed by atoms with Crippen molar-refractivity contribution in [2.75, 3.05) is 6.54 Å². The van der Waals surface area contributed by atoms with Gasteiger partial charge in [0.25, 0.3) is 0 Å². The Hall–Kier alpha value is -2.27. The smallest absolute Gasteiger partial charge is 0.159 e. The molecule has 3 rings (SSSR count). The van der Waals surface area contributed by atoms with Crippen molar-refractivity contribution in [2.45, 2.75) is 13.5 Å². The number of halogens is 2. The number of benzene rings is 1. The molecule has 0 radical (unpaired) electrons. The summed E-state index contributed by atoms with van der Waals surface area (Å²) in [7, 11) is 0. The van der Waals surface area contributed by atoms with E-state index in [0.29, 0.717) is 17.9 Å². The van der Waals surface area contributed by atoms with Crippen LogP contribution in [0.4, 0.5) is 8.78 Å². The zero-order valence-electron chi connectivity index (χ0n) is 11.6. The van der Waals surface area contributed by atoms with Crippen LogP contribution in [0, 0.1) is 11.6 Å². The van der Waals surface area contributed by atoms with Gasteiger partial charge in [-0.25, -0.2) is 13.8 Å². The van der Waals surface area contributed by atoms with Gasteiger partial charge in [-0.05, 0) is 36.9 Å². The van der Waals surface area contributed by atoms with Crippen molar-refractivity contribution in [3.63, 3.8) is 0 Å². The average molecular weight is 287 g/mol. The van der Waals surface area contributed by atoms with E-state index in [4.69, 9.17) is 0 Å². The van der Waals surface area contributed by atoms with Gasteiger partial charge >= 0.3 is 0 Å². The van der Waals surface area contributed by atoms with Gasteiger partial charge in [-0.15, -0.1) is 0 Å². The molecule has 0 aliphatic rings. The van der Waals surface area contributed by atoms with Gasteiger partial charge in [0.05, 0.1) is 11.2 Å². The lowest BCUT2D eigenvalue weighted by atomic mass is 10.2. The highest BCUT2D eigenvalue weighted by Gasteiger charge is 2.13. The molecule has 0 amide bonds. The fourth-order valence-electron chi connectivity index (χ4n) is 2.31. The minimum atomic E-state index is -0.867. The zero-order valence-corrected chi connectivity index (χ0v) is 11.6. The third kappa shape index (κ3) is 2.52. The van der Waals surface area contributed by atoms with E-state index >= 15 is 0 Å². The molecule has 1 N–H and O–H groups in total. The Labute approximate surface area is 121 Å². The van der Waals surface area contributed by atoms with Gasteiger partial charge in [0.15, 0.2) is 11.6 Å². The van der Waals surface area contributed by atoms with E-state index in [0.717, 1.165) is 23.8 Å². The van der Waals surface area contributed by atoms with Crippen molar-refractivity contribution in [2.24, 2.45) is 0 Å². The van der Waals surface area contributed by atoms with Gasteiger partial charge in [0.2, 0.25) is 0 Å². The average Bonchev–Trinajstić information content (AvgIpc) is 2.87. The number of nitrogens with zero attached hydrogens (tertiary/aromatic N) is 2. The summed E-state index contributed by atoms with van der Waals surface area (Å²) in [5, 5.41) is 3.23. The summed E-state index contributed by atoms with van der Waals surface area (Å²) in [6.45, 7) is 3.49. The van der Waals surface area contributed by atoms with Crippen LogP contribution in [-0.2, 0) is 6.54 Å². The van der Waals surface area contributed by atoms with Crippen LogP contribution in [0.25, 0.3) is 16.9 Å². The predicted molar refractivity (Wildman–Crippen MR) is 77.9 cm³/mol. The quantitative estimate of drug-likeness (QED) is 0.797. The Morgan fingerprint density at radius 2 is 2.00 bits per heavy atom. The molecule has 0 saturated carbocycles. The van der Waals surface area contributed by atoms with Crippen LogP contribution in [0.1, 0.15) is 12.6 Å². The second-order valence-corrected chi connectivity index (χ2v) is 4.75. The molecular formula is C16H15F2N3. The van der Waals surface area contributed by atoms with Crippen molar-refractivity contribution in [3.8, 4) is 11.4 Å². The number of fused-ring (bicyclic) bond motifs is 1. The molecule has 1 aromatic carbocycles. The summed E-state index contributed by atoms with van der Waals surface area (Å²) in [4.78, 5) is 4.58. The number of rotatable bonds is 4. The van der Waals surface area contributed by atoms with Gasteiger partial charge in [0, 0.05) is 18.3 Å². The summed E-state index contributed by atoms with van der Waals surface area (Å²) < 4.78 is 28.4. The maximum Gasteiger partial charge on any atom is 0.159 e. The van der Waals surface area contributed by atoms with Crippen LogP contribution < -0.4 is 5.32 Å². The molecule has 0 fully saturated rings. The largest absolute Gasteiger partial charge is 0.311 e. The summed E-state index contributed by atoms with van der Waals surface area (Å²) in [5.74, 6) is -1.11. The maximum atomic E-state index is 13.5. The summed E-state index contributed by atoms with van der Waals surface area (Å²) in [6.07, 6.45) is 1.87. The standard InChI is InChI=1S/C16H15F2N3/c1-2-19-10-14-15-5-3-4-8-21(15)16(20-14)11-6-7-12(17)13(18)9-11/h3-9,19H,2,10H2,1H3. The number of pyridine rings is 1. The molecular weight excluding hydrogens is 272 g/mol. The van der Waals surface area contributed by atoms with Gasteiger partial charge in [-0.3, -0.25) is 4.40 Å². The van der Waals surface area contributed by atoms with E-state index in [1.807, 2.05) is 35.7 Å². The van der Waals surface area contributed by atoms with E-state index in [9.17, 15) is 8.78 Å². The molecule has 108 valence electrons. The molecule has 0 spiro atoms. The molecule has 0 unspecified atom stereocenters. The Bertz CT molecular complexity index is 780. The van der Waals surface area contributed by atoms with Crippen LogP contribution in [0.5, 0.6) is 0 Å². The number of hydrogen-bond donors (Lipinski definition) is 1. The molecule has 3 aromatic rings. The predicted octanol–water partition coefficient (Wildman–Crippen LogP) is 3.39. The van der Waals surface area contributed by atoms with Crippen molar-refractivity contribution >= 4 is 5.52 Å². The Kier molecular flexibility index (Phi) is 3.66. The number of aromatic nitrogens is 2. The SMILES string of the molecule is CCNCc1nc(-c2ccc(F)c(F)c2)n2ccccc12. The Balaban J connectivity index is 2.15. The summed E-state index contributed by atoms with van der Waals surface area (Å²) >= 11 is 0. The molecule has 21 heavy (non-hydrogen) atoms. The van der Waals surface area contributed by atoms with Crippen molar-refractivity contribution < 1.29 is 8.78 Å². The van der Waals surface area contributed by atoms with Crippen LogP contribution in [0.2, 0.25) is 0 Å². The molecule has 5 heteroatoms. The first-order chi connectivity index (χ1) is 10.2. The van der Waals surface area contributed by atoms with E-state index in [1.165, 1.54) is 12.1 Å². The third-order valence-corrected chi connectivity index (χ3v) is 3.34. The van der Waals surface area contributed by atoms with Gasteiger partial charge < -0.3 is 5.32 Å². The Morgan fingerprint density at radius 1 is 1.14 bits per heavy atom. The van der Waals surface area contributed by atoms with E-state index in [-0.39, 0.29) is 0 Å². The van der Waals surface area contributed by atoms with E-state index in [1.54, 1.807) is 0 Å². The van der Waals surface area contributed by atoms with Crippen LogP contribution in [0.3, 0.4) is 0 Å². The zero-order chi connectivity index (χ0) is 14.8. The van der Waals surface area contributed by atoms with Crippen molar-refractivity contribution in [3.05, 3.63) is 59.9 Å². The molecule has 2 aromatic heterocycles. The summed E-state index contributed by atoms with van der Waals surface area (Å²) in [5.41, 5.74) is 2.40. The molecule has 2 heterocycles. The van der Waals surface area contributed by atoms with E-state index < -0.39 is 11.6 Å². The fourth-order valence-corrected chi connectivity index (χ4v) is 2.31. The van der Waals surface area contributed by atoms with E-state index in [2.05, 4.69) is 10.3 Å². The molecule has 0 aliphatic heterocycles. The second kappa shape index (κ2) is 5.61. The van der Waals surface area contributed by atoms with Crippen molar-refractivity contribution in [1.29, 1.82) is 0 Å². The van der Waals surface area contributed by atoms with Crippen molar-refractivity contribution in [1.82, 2.24) is 14.7 Å². The molecule has 0 aliphatic carbocycles. The fraction of sp³-hybridized carbons (Fsp3) is 0.188. The number of nitrogens with one attached hydrogen (secondary N) is 1. The molecule has 0 saturated heterocycles. The minimum absolute atomic E-state index is 0.554. The normalized spacial score (nSPS) is 11.2. The lowest BCUT2D eigenvalue weighted by Gasteiger charge is -2.01. The monoisotopic (exact) mass is 287 g/mol. The highest BCUT2D eigenvalue weighted by molar-refractivity contribution is 5.65. The summed E-state index contributed by atoms with van der Waals surface area (Å²) in [6, 6.07) is 9.61. The number of hydrogen-bond acceptors (Lipinski definition) is 2. The first-order valence-corrected chi connectivity index (χ1v) is 6.83. The number of imidazole rings is 1. The van der Waals surface area contributed by atoms with Gasteiger partial charge in [0.1, 0.15) is 5.82 Å².